The lowest BCUT2D eigenvalue weighted by Gasteiger charge is -2.24. The predicted molar refractivity (Wildman–Crippen MR) is 93.1 cm³/mol. The maximum Gasteiger partial charge on any atom is 0.410 e. The van der Waals surface area contributed by atoms with Crippen LogP contribution in [0.4, 0.5) is 4.79 Å². The van der Waals surface area contributed by atoms with Crippen LogP contribution in [0, 0.1) is 5.92 Å². The summed E-state index contributed by atoms with van der Waals surface area (Å²) in [6.07, 6.45) is -0.0821. The van der Waals surface area contributed by atoms with E-state index in [1.54, 1.807) is 51.1 Å². The number of nitrogens with one attached hydrogen (secondary N) is 1. The van der Waals surface area contributed by atoms with Crippen molar-refractivity contribution < 1.29 is 22.7 Å². The molecule has 0 spiro atoms. The third kappa shape index (κ3) is 6.04. The van der Waals surface area contributed by atoms with Crippen molar-refractivity contribution in [3.8, 4) is 0 Å². The minimum atomic E-state index is -3.77. The maximum absolute atomic E-state index is 12.2. The lowest BCUT2D eigenvalue weighted by Crippen LogP contribution is -2.39. The van der Waals surface area contributed by atoms with E-state index in [4.69, 9.17) is 4.74 Å². The van der Waals surface area contributed by atoms with E-state index in [0.717, 1.165) is 0 Å². The summed E-state index contributed by atoms with van der Waals surface area (Å²) in [4.78, 5) is 25.7. The first-order chi connectivity index (χ1) is 11.6. The quantitative estimate of drug-likeness (QED) is 0.876. The molecule has 138 valence electrons. The molecular weight excluding hydrogens is 344 g/mol. The molecule has 25 heavy (non-hydrogen) atoms. The molecular formula is C17H24N2O5S. The minimum absolute atomic E-state index is 0.154. The number of hydrogen-bond acceptors (Lipinski definition) is 5. The number of carbonyl (C=O) groups excluding carboxylic acids is 2. The molecule has 7 nitrogen and oxygen atoms in total. The smallest absolute Gasteiger partial charge is 0.410 e. The number of carbonyl (C=O) groups is 2. The van der Waals surface area contributed by atoms with Crippen molar-refractivity contribution in [2.45, 2.75) is 38.5 Å². The molecule has 1 N–H and O–H groups in total. The van der Waals surface area contributed by atoms with Gasteiger partial charge in [-0.3, -0.25) is 9.52 Å². The third-order valence-electron chi connectivity index (χ3n) is 3.67. The van der Waals surface area contributed by atoms with E-state index < -0.39 is 33.5 Å². The Morgan fingerprint density at radius 1 is 1.24 bits per heavy atom. The summed E-state index contributed by atoms with van der Waals surface area (Å²) in [5.74, 6) is -1.40. The molecule has 1 aromatic rings. The number of nitrogens with zero attached hydrogens (tertiary/aromatic N) is 1. The Hall–Kier alpha value is -2.09. The summed E-state index contributed by atoms with van der Waals surface area (Å²) in [5.41, 5.74) is -0.0131. The normalized spacial score (nSPS) is 18.0. The summed E-state index contributed by atoms with van der Waals surface area (Å²) in [6.45, 7) is 5.82. The monoisotopic (exact) mass is 368 g/mol. The zero-order chi connectivity index (χ0) is 18.7. The van der Waals surface area contributed by atoms with Crippen LogP contribution in [0.15, 0.2) is 30.3 Å². The van der Waals surface area contributed by atoms with Gasteiger partial charge in [0.2, 0.25) is 15.9 Å². The fourth-order valence-corrected chi connectivity index (χ4v) is 3.71. The van der Waals surface area contributed by atoms with Gasteiger partial charge in [-0.05, 0) is 32.8 Å². The Morgan fingerprint density at radius 3 is 2.48 bits per heavy atom. The number of hydrogen-bond donors (Lipinski definition) is 1. The molecule has 1 aliphatic rings. The number of ether oxygens (including phenoxy) is 1. The van der Waals surface area contributed by atoms with Gasteiger partial charge in [0, 0.05) is 13.1 Å². The molecule has 0 saturated carbocycles. The zero-order valence-corrected chi connectivity index (χ0v) is 15.5. The Morgan fingerprint density at radius 2 is 1.88 bits per heavy atom. The van der Waals surface area contributed by atoms with Crippen molar-refractivity contribution in [2.75, 3.05) is 13.1 Å². The average molecular weight is 368 g/mol. The van der Waals surface area contributed by atoms with Gasteiger partial charge in [0.25, 0.3) is 0 Å². The van der Waals surface area contributed by atoms with Gasteiger partial charge < -0.3 is 9.64 Å². The van der Waals surface area contributed by atoms with Crippen molar-refractivity contribution in [2.24, 2.45) is 5.92 Å². The molecule has 1 fully saturated rings. The van der Waals surface area contributed by atoms with E-state index in [0.29, 0.717) is 18.5 Å². The van der Waals surface area contributed by atoms with E-state index >= 15 is 0 Å². The van der Waals surface area contributed by atoms with Crippen molar-refractivity contribution in [1.82, 2.24) is 9.62 Å². The van der Waals surface area contributed by atoms with E-state index in [1.807, 2.05) is 0 Å². The zero-order valence-electron chi connectivity index (χ0n) is 14.7. The first-order valence-corrected chi connectivity index (χ1v) is 9.77. The second-order valence-corrected chi connectivity index (χ2v) is 8.85. The maximum atomic E-state index is 12.2. The fourth-order valence-electron chi connectivity index (χ4n) is 2.53. The SMILES string of the molecule is CC(C)(C)OC(=O)N1CC[C@@H](C(=O)NS(=O)(=O)Cc2ccccc2)C1. The van der Waals surface area contributed by atoms with Crippen LogP contribution in [0.25, 0.3) is 0 Å². The van der Waals surface area contributed by atoms with Gasteiger partial charge in [0.05, 0.1) is 11.7 Å². The number of rotatable bonds is 4. The molecule has 2 amide bonds. The molecule has 1 aromatic carbocycles. The summed E-state index contributed by atoms with van der Waals surface area (Å²) in [5, 5.41) is 0. The molecule has 1 atom stereocenters. The Kier molecular flexibility index (Phi) is 5.72. The van der Waals surface area contributed by atoms with Gasteiger partial charge in [-0.25, -0.2) is 13.2 Å². The standard InChI is InChI=1S/C17H24N2O5S/c1-17(2,3)24-16(21)19-10-9-14(11-19)15(20)18-25(22,23)12-13-7-5-4-6-8-13/h4-8,14H,9-12H2,1-3H3,(H,18,20)/t14-/m1/s1. The van der Waals surface area contributed by atoms with Crippen LogP contribution in [-0.2, 0) is 25.3 Å². The van der Waals surface area contributed by atoms with Gasteiger partial charge >= 0.3 is 6.09 Å². The second kappa shape index (κ2) is 7.43. The molecule has 8 heteroatoms. The van der Waals surface area contributed by atoms with Crippen molar-refractivity contribution in [1.29, 1.82) is 0 Å². The molecule has 2 rings (SSSR count). The largest absolute Gasteiger partial charge is 0.444 e. The van der Waals surface area contributed by atoms with Crippen LogP contribution in [0.1, 0.15) is 32.8 Å². The first-order valence-electron chi connectivity index (χ1n) is 8.12. The molecule has 0 aliphatic carbocycles. The highest BCUT2D eigenvalue weighted by molar-refractivity contribution is 7.89. The molecule has 0 radical (unpaired) electrons. The van der Waals surface area contributed by atoms with E-state index in [2.05, 4.69) is 4.72 Å². The average Bonchev–Trinajstić information content (AvgIpc) is 2.95. The van der Waals surface area contributed by atoms with E-state index in [-0.39, 0.29) is 12.3 Å². The molecule has 0 unspecified atom stereocenters. The van der Waals surface area contributed by atoms with Crippen LogP contribution in [0.2, 0.25) is 0 Å². The molecule has 1 heterocycles. The van der Waals surface area contributed by atoms with Crippen LogP contribution in [-0.4, -0.2) is 44.0 Å². The van der Waals surface area contributed by atoms with Gasteiger partial charge in [0.15, 0.2) is 0 Å². The van der Waals surface area contributed by atoms with E-state index in [1.165, 1.54) is 4.90 Å². The highest BCUT2D eigenvalue weighted by atomic mass is 32.2. The number of benzene rings is 1. The molecule has 1 saturated heterocycles. The number of sulfonamides is 1. The lowest BCUT2D eigenvalue weighted by atomic mass is 10.1. The van der Waals surface area contributed by atoms with Crippen molar-refractivity contribution in [3.63, 3.8) is 0 Å². The van der Waals surface area contributed by atoms with Crippen LogP contribution < -0.4 is 4.72 Å². The van der Waals surface area contributed by atoms with Gasteiger partial charge in [-0.1, -0.05) is 30.3 Å². The number of amides is 2. The molecule has 0 bridgehead atoms. The minimum Gasteiger partial charge on any atom is -0.444 e. The van der Waals surface area contributed by atoms with Crippen LogP contribution in [0.3, 0.4) is 0 Å². The van der Waals surface area contributed by atoms with Crippen LogP contribution >= 0.6 is 0 Å². The summed E-state index contributed by atoms with van der Waals surface area (Å²) >= 11 is 0. The number of likely N-dealkylation sites (tertiary alicyclic amines) is 1. The summed E-state index contributed by atoms with van der Waals surface area (Å²) < 4.78 is 31.6. The van der Waals surface area contributed by atoms with Gasteiger partial charge in [-0.2, -0.15) is 0 Å². The second-order valence-electron chi connectivity index (χ2n) is 7.12. The summed E-state index contributed by atoms with van der Waals surface area (Å²) in [6, 6.07) is 8.64. The highest BCUT2D eigenvalue weighted by Gasteiger charge is 2.34. The van der Waals surface area contributed by atoms with Gasteiger partial charge in [-0.15, -0.1) is 0 Å². The third-order valence-corrected chi connectivity index (χ3v) is 4.89. The van der Waals surface area contributed by atoms with Gasteiger partial charge in [0.1, 0.15) is 5.60 Å². The molecule has 0 aromatic heterocycles. The molecule has 1 aliphatic heterocycles. The fraction of sp³-hybridized carbons (Fsp3) is 0.529. The van der Waals surface area contributed by atoms with E-state index in [9.17, 15) is 18.0 Å². The van der Waals surface area contributed by atoms with Crippen molar-refractivity contribution >= 4 is 22.0 Å². The topological polar surface area (TPSA) is 92.8 Å². The predicted octanol–water partition coefficient (Wildman–Crippen LogP) is 1.89. The lowest BCUT2D eigenvalue weighted by molar-refractivity contribution is -0.122. The Labute approximate surface area is 148 Å². The first kappa shape index (κ1) is 19.2. The Bertz CT molecular complexity index is 725. The van der Waals surface area contributed by atoms with Crippen LogP contribution in [0.5, 0.6) is 0 Å². The summed E-state index contributed by atoms with van der Waals surface area (Å²) in [7, 11) is -3.77. The highest BCUT2D eigenvalue weighted by Crippen LogP contribution is 2.20. The Balaban J connectivity index is 1.90. The van der Waals surface area contributed by atoms with Crippen molar-refractivity contribution in [3.05, 3.63) is 35.9 Å².